The van der Waals surface area contributed by atoms with E-state index in [1.165, 1.54) is 25.7 Å². The van der Waals surface area contributed by atoms with Crippen molar-refractivity contribution in [3.8, 4) is 0 Å². The van der Waals surface area contributed by atoms with E-state index in [2.05, 4.69) is 4.90 Å². The van der Waals surface area contributed by atoms with E-state index in [0.29, 0.717) is 11.8 Å². The van der Waals surface area contributed by atoms with Gasteiger partial charge >= 0.3 is 0 Å². The summed E-state index contributed by atoms with van der Waals surface area (Å²) in [6.07, 6.45) is 9.08. The maximum absolute atomic E-state index is 12.5. The standard InChI is InChI=1S/C22H29N3O/c23-19-15-18-7-3-4-8-20(18)24-22(19)17-11-13-25(14-12-17)21(26)10-9-16-5-1-2-6-16/h3-4,7-8,15-17H,1-2,5-6,9-14,23H2. The van der Waals surface area contributed by atoms with Gasteiger partial charge in [0.1, 0.15) is 0 Å². The minimum absolute atomic E-state index is 0.342. The number of pyridine rings is 1. The molecule has 0 atom stereocenters. The molecule has 1 saturated heterocycles. The van der Waals surface area contributed by atoms with Crippen molar-refractivity contribution in [1.82, 2.24) is 9.88 Å². The number of hydrogen-bond donors (Lipinski definition) is 1. The van der Waals surface area contributed by atoms with Gasteiger partial charge in [-0.15, -0.1) is 0 Å². The van der Waals surface area contributed by atoms with Gasteiger partial charge in [0.05, 0.1) is 16.9 Å². The Balaban J connectivity index is 1.35. The van der Waals surface area contributed by atoms with Crippen molar-refractivity contribution in [3.63, 3.8) is 0 Å². The summed E-state index contributed by atoms with van der Waals surface area (Å²) in [4.78, 5) is 19.4. The van der Waals surface area contributed by atoms with Crippen molar-refractivity contribution in [3.05, 3.63) is 36.0 Å². The molecule has 1 aliphatic heterocycles. The lowest BCUT2D eigenvalue weighted by Gasteiger charge is -2.32. The van der Waals surface area contributed by atoms with Gasteiger partial charge in [0.25, 0.3) is 0 Å². The highest BCUT2D eigenvalue weighted by molar-refractivity contribution is 5.82. The molecule has 4 rings (SSSR count). The summed E-state index contributed by atoms with van der Waals surface area (Å²) in [6, 6.07) is 10.2. The third-order valence-electron chi connectivity index (χ3n) is 6.26. The van der Waals surface area contributed by atoms with Crippen LogP contribution in [0.25, 0.3) is 10.9 Å². The zero-order chi connectivity index (χ0) is 17.9. The molecule has 4 nitrogen and oxygen atoms in total. The first kappa shape index (κ1) is 17.3. The summed E-state index contributed by atoms with van der Waals surface area (Å²) in [5.41, 5.74) is 9.09. The number of anilines is 1. The van der Waals surface area contributed by atoms with Crippen molar-refractivity contribution < 1.29 is 4.79 Å². The fourth-order valence-electron chi connectivity index (χ4n) is 4.66. The van der Waals surface area contributed by atoms with Crippen molar-refractivity contribution in [2.75, 3.05) is 18.8 Å². The molecular formula is C22H29N3O. The van der Waals surface area contributed by atoms with E-state index in [-0.39, 0.29) is 0 Å². The van der Waals surface area contributed by atoms with Crippen molar-refractivity contribution in [2.45, 2.75) is 57.3 Å². The summed E-state index contributed by atoms with van der Waals surface area (Å²) in [5, 5.41) is 1.09. The highest BCUT2D eigenvalue weighted by Gasteiger charge is 2.26. The van der Waals surface area contributed by atoms with Crippen molar-refractivity contribution >= 4 is 22.5 Å². The zero-order valence-electron chi connectivity index (χ0n) is 15.5. The fourth-order valence-corrected chi connectivity index (χ4v) is 4.66. The van der Waals surface area contributed by atoms with Crippen molar-refractivity contribution in [2.24, 2.45) is 5.92 Å². The molecule has 1 aromatic carbocycles. The van der Waals surface area contributed by atoms with Crippen molar-refractivity contribution in [1.29, 1.82) is 0 Å². The second-order valence-electron chi connectivity index (χ2n) is 8.00. The molecule has 2 N–H and O–H groups in total. The number of nitrogen functional groups attached to an aromatic ring is 1. The normalized spacial score (nSPS) is 19.3. The lowest BCUT2D eigenvalue weighted by Crippen LogP contribution is -2.38. The van der Waals surface area contributed by atoms with Gasteiger partial charge in [-0.1, -0.05) is 43.9 Å². The van der Waals surface area contributed by atoms with Crippen LogP contribution in [0.4, 0.5) is 5.69 Å². The van der Waals surface area contributed by atoms with E-state index in [1.54, 1.807) is 0 Å². The fraction of sp³-hybridized carbons (Fsp3) is 0.545. The number of carbonyl (C=O) groups excluding carboxylic acids is 1. The van der Waals surface area contributed by atoms with Gasteiger partial charge in [-0.2, -0.15) is 0 Å². The first-order valence-corrected chi connectivity index (χ1v) is 10.1. The molecule has 26 heavy (non-hydrogen) atoms. The van der Waals surface area contributed by atoms with Crippen LogP contribution in [0.5, 0.6) is 0 Å². The molecule has 1 amide bonds. The van der Waals surface area contributed by atoms with Gasteiger partial charge in [0.15, 0.2) is 0 Å². The molecule has 0 bridgehead atoms. The summed E-state index contributed by atoms with van der Waals surface area (Å²) in [6.45, 7) is 1.67. The Hall–Kier alpha value is -2.10. The van der Waals surface area contributed by atoms with Crippen LogP contribution < -0.4 is 5.73 Å². The van der Waals surface area contributed by atoms with Crippen LogP contribution in [-0.2, 0) is 4.79 Å². The van der Waals surface area contributed by atoms with Gasteiger partial charge in [-0.3, -0.25) is 9.78 Å². The molecule has 2 aliphatic rings. The number of hydrogen-bond acceptors (Lipinski definition) is 3. The summed E-state index contributed by atoms with van der Waals surface area (Å²) < 4.78 is 0. The Morgan fingerprint density at radius 3 is 2.62 bits per heavy atom. The molecule has 0 spiro atoms. The number of nitrogens with zero attached hydrogens (tertiary/aromatic N) is 2. The maximum atomic E-state index is 12.5. The van der Waals surface area contributed by atoms with Crippen LogP contribution in [0, 0.1) is 5.92 Å². The monoisotopic (exact) mass is 351 g/mol. The van der Waals surface area contributed by atoms with Gasteiger partial charge in [0.2, 0.25) is 5.91 Å². The number of benzene rings is 1. The Morgan fingerprint density at radius 1 is 1.12 bits per heavy atom. The molecule has 138 valence electrons. The molecule has 2 aromatic rings. The number of piperidine rings is 1. The molecule has 1 aliphatic carbocycles. The number of amides is 1. The lowest BCUT2D eigenvalue weighted by atomic mass is 9.91. The second kappa shape index (κ2) is 7.65. The second-order valence-corrected chi connectivity index (χ2v) is 8.00. The SMILES string of the molecule is Nc1cc2ccccc2nc1C1CCN(C(=O)CCC2CCCC2)CC1. The average molecular weight is 351 g/mol. The van der Waals surface area contributed by atoms with Gasteiger partial charge in [-0.25, -0.2) is 0 Å². The Labute approximate surface area is 155 Å². The minimum atomic E-state index is 0.342. The number of likely N-dealkylation sites (tertiary alicyclic amines) is 1. The molecule has 0 unspecified atom stereocenters. The molecule has 2 heterocycles. The lowest BCUT2D eigenvalue weighted by molar-refractivity contribution is -0.132. The summed E-state index contributed by atoms with van der Waals surface area (Å²) >= 11 is 0. The predicted octanol–water partition coefficient (Wildman–Crippen LogP) is 4.49. The van der Waals surface area contributed by atoms with Gasteiger partial charge < -0.3 is 10.6 Å². The van der Waals surface area contributed by atoms with Crippen LogP contribution >= 0.6 is 0 Å². The number of rotatable bonds is 4. The van der Waals surface area contributed by atoms with Crippen LogP contribution in [0.15, 0.2) is 30.3 Å². The molecular weight excluding hydrogens is 322 g/mol. The molecule has 2 fully saturated rings. The van der Waals surface area contributed by atoms with E-state index in [4.69, 9.17) is 10.7 Å². The van der Waals surface area contributed by atoms with E-state index >= 15 is 0 Å². The largest absolute Gasteiger partial charge is 0.397 e. The average Bonchev–Trinajstić information content (AvgIpc) is 3.19. The summed E-state index contributed by atoms with van der Waals surface area (Å²) in [7, 11) is 0. The van der Waals surface area contributed by atoms with Crippen LogP contribution in [0.3, 0.4) is 0 Å². The van der Waals surface area contributed by atoms with E-state index in [0.717, 1.165) is 67.0 Å². The number of carbonyl (C=O) groups is 1. The van der Waals surface area contributed by atoms with Gasteiger partial charge in [-0.05, 0) is 37.3 Å². The highest BCUT2D eigenvalue weighted by atomic mass is 16.2. The third-order valence-corrected chi connectivity index (χ3v) is 6.26. The van der Waals surface area contributed by atoms with E-state index in [1.807, 2.05) is 30.3 Å². The van der Waals surface area contributed by atoms with Crippen LogP contribution in [0.1, 0.15) is 63.0 Å². The van der Waals surface area contributed by atoms with E-state index in [9.17, 15) is 4.79 Å². The number of fused-ring (bicyclic) bond motifs is 1. The Morgan fingerprint density at radius 2 is 1.85 bits per heavy atom. The smallest absolute Gasteiger partial charge is 0.222 e. The zero-order valence-corrected chi connectivity index (χ0v) is 15.5. The molecule has 0 radical (unpaired) electrons. The van der Waals surface area contributed by atoms with E-state index < -0.39 is 0 Å². The molecule has 1 aromatic heterocycles. The van der Waals surface area contributed by atoms with Crippen LogP contribution in [-0.4, -0.2) is 28.9 Å². The topological polar surface area (TPSA) is 59.2 Å². The highest BCUT2D eigenvalue weighted by Crippen LogP contribution is 2.33. The first-order chi connectivity index (χ1) is 12.7. The number of nitrogens with two attached hydrogens (primary N) is 1. The maximum Gasteiger partial charge on any atom is 0.222 e. The quantitative estimate of drug-likeness (QED) is 0.882. The van der Waals surface area contributed by atoms with Gasteiger partial charge in [0, 0.05) is 30.8 Å². The molecule has 4 heteroatoms. The summed E-state index contributed by atoms with van der Waals surface area (Å²) in [5.74, 6) is 1.49. The predicted molar refractivity (Wildman–Crippen MR) is 106 cm³/mol. The first-order valence-electron chi connectivity index (χ1n) is 10.1. The molecule has 1 saturated carbocycles. The number of aromatic nitrogens is 1. The minimum Gasteiger partial charge on any atom is -0.397 e. The Kier molecular flexibility index (Phi) is 5.09. The third kappa shape index (κ3) is 3.69. The van der Waals surface area contributed by atoms with Crippen LogP contribution in [0.2, 0.25) is 0 Å². The number of para-hydroxylation sites is 1. The Bertz CT molecular complexity index is 774.